The summed E-state index contributed by atoms with van der Waals surface area (Å²) in [6.07, 6.45) is 4.19. The molecular weight excluding hydrogens is 146 g/mol. The van der Waals surface area contributed by atoms with E-state index in [9.17, 15) is 0 Å². The Balaban J connectivity index is 3.06. The number of allylic oxidation sites excluding steroid dienone is 5. The van der Waals surface area contributed by atoms with Gasteiger partial charge in [-0.15, -0.1) is 0 Å². The average molecular weight is 161 g/mol. The van der Waals surface area contributed by atoms with Gasteiger partial charge in [0.2, 0.25) is 0 Å². The van der Waals surface area contributed by atoms with Gasteiger partial charge in [0.15, 0.2) is 0 Å². The highest BCUT2D eigenvalue weighted by Crippen LogP contribution is 2.19. The Morgan fingerprint density at radius 2 is 1.83 bits per heavy atom. The molecule has 1 nitrogen and oxygen atoms in total. The molecule has 12 heavy (non-hydrogen) atoms. The third kappa shape index (κ3) is 1.55. The first-order chi connectivity index (χ1) is 5.66. The van der Waals surface area contributed by atoms with Crippen LogP contribution in [0.15, 0.2) is 40.4 Å². The number of hydrogen-bond donors (Lipinski definition) is 0. The van der Waals surface area contributed by atoms with Crippen molar-refractivity contribution < 1.29 is 0 Å². The van der Waals surface area contributed by atoms with Gasteiger partial charge in [-0.05, 0) is 37.5 Å². The minimum Gasteiger partial charge on any atom is -0.285 e. The van der Waals surface area contributed by atoms with Crippen LogP contribution in [0.5, 0.6) is 0 Å². The lowest BCUT2D eigenvalue weighted by atomic mass is 9.93. The maximum absolute atomic E-state index is 4.40. The Labute approximate surface area is 74.2 Å². The summed E-state index contributed by atoms with van der Waals surface area (Å²) in [5, 5.41) is 0. The van der Waals surface area contributed by atoms with Crippen LogP contribution >= 0.6 is 0 Å². The second kappa shape index (κ2) is 3.53. The summed E-state index contributed by atoms with van der Waals surface area (Å²) < 4.78 is 0. The van der Waals surface area contributed by atoms with Crippen molar-refractivity contribution in [1.82, 2.24) is 0 Å². The molecule has 0 aliphatic heterocycles. The SMILES string of the molecule is C=C1C(C)=CC=C(C)C1=NCC. The van der Waals surface area contributed by atoms with E-state index in [-0.39, 0.29) is 0 Å². The van der Waals surface area contributed by atoms with Crippen molar-refractivity contribution in [3.05, 3.63) is 35.5 Å². The van der Waals surface area contributed by atoms with Gasteiger partial charge in [-0.2, -0.15) is 0 Å². The van der Waals surface area contributed by atoms with E-state index in [0.717, 1.165) is 17.8 Å². The highest BCUT2D eigenvalue weighted by molar-refractivity contribution is 6.15. The fourth-order valence-electron chi connectivity index (χ4n) is 1.23. The summed E-state index contributed by atoms with van der Waals surface area (Å²) >= 11 is 0. The van der Waals surface area contributed by atoms with Gasteiger partial charge < -0.3 is 0 Å². The largest absolute Gasteiger partial charge is 0.285 e. The Kier molecular flexibility index (Phi) is 2.64. The fourth-order valence-corrected chi connectivity index (χ4v) is 1.23. The fraction of sp³-hybridized carbons (Fsp3) is 0.364. The minimum atomic E-state index is 0.826. The first kappa shape index (κ1) is 8.98. The lowest BCUT2D eigenvalue weighted by molar-refractivity contribution is 1.12. The van der Waals surface area contributed by atoms with Crippen LogP contribution in [0.2, 0.25) is 0 Å². The molecule has 0 amide bonds. The van der Waals surface area contributed by atoms with Crippen LogP contribution in [0.4, 0.5) is 0 Å². The quantitative estimate of drug-likeness (QED) is 0.560. The highest BCUT2D eigenvalue weighted by Gasteiger charge is 2.11. The molecule has 0 N–H and O–H groups in total. The lowest BCUT2D eigenvalue weighted by Crippen LogP contribution is -2.08. The maximum atomic E-state index is 4.40. The summed E-state index contributed by atoms with van der Waals surface area (Å²) in [6.45, 7) is 11.0. The molecule has 0 aromatic carbocycles. The monoisotopic (exact) mass is 161 g/mol. The van der Waals surface area contributed by atoms with E-state index in [1.54, 1.807) is 0 Å². The lowest BCUT2D eigenvalue weighted by Gasteiger charge is -2.14. The van der Waals surface area contributed by atoms with Gasteiger partial charge in [0.25, 0.3) is 0 Å². The molecule has 0 aromatic heterocycles. The van der Waals surface area contributed by atoms with Crippen molar-refractivity contribution in [2.45, 2.75) is 20.8 Å². The normalized spacial score (nSPS) is 20.9. The van der Waals surface area contributed by atoms with Crippen molar-refractivity contribution in [2.75, 3.05) is 6.54 Å². The first-order valence-electron chi connectivity index (χ1n) is 4.26. The van der Waals surface area contributed by atoms with Crippen LogP contribution in [0.1, 0.15) is 20.8 Å². The van der Waals surface area contributed by atoms with Crippen molar-refractivity contribution in [3.63, 3.8) is 0 Å². The average Bonchev–Trinajstić information content (AvgIpc) is 2.06. The van der Waals surface area contributed by atoms with Crippen molar-refractivity contribution in [2.24, 2.45) is 4.99 Å². The van der Waals surface area contributed by atoms with Gasteiger partial charge in [0.1, 0.15) is 0 Å². The second-order valence-corrected chi connectivity index (χ2v) is 3.00. The molecule has 0 fully saturated rings. The topological polar surface area (TPSA) is 12.4 Å². The van der Waals surface area contributed by atoms with Crippen LogP contribution < -0.4 is 0 Å². The summed E-state index contributed by atoms with van der Waals surface area (Å²) in [5.41, 5.74) is 4.56. The van der Waals surface area contributed by atoms with E-state index in [4.69, 9.17) is 0 Å². The molecule has 0 bridgehead atoms. The minimum absolute atomic E-state index is 0.826. The molecule has 0 aromatic rings. The van der Waals surface area contributed by atoms with Crippen molar-refractivity contribution in [1.29, 1.82) is 0 Å². The molecule has 0 saturated carbocycles. The second-order valence-electron chi connectivity index (χ2n) is 3.00. The number of rotatable bonds is 1. The van der Waals surface area contributed by atoms with Gasteiger partial charge in [-0.3, -0.25) is 4.99 Å². The van der Waals surface area contributed by atoms with Gasteiger partial charge in [-0.1, -0.05) is 18.7 Å². The van der Waals surface area contributed by atoms with Crippen LogP contribution in [0, 0.1) is 0 Å². The third-order valence-corrected chi connectivity index (χ3v) is 2.03. The van der Waals surface area contributed by atoms with Crippen molar-refractivity contribution in [3.8, 4) is 0 Å². The van der Waals surface area contributed by atoms with E-state index < -0.39 is 0 Å². The van der Waals surface area contributed by atoms with Gasteiger partial charge in [-0.25, -0.2) is 0 Å². The Morgan fingerprint density at radius 3 is 2.42 bits per heavy atom. The van der Waals surface area contributed by atoms with Crippen LogP contribution in [0.25, 0.3) is 0 Å². The Morgan fingerprint density at radius 1 is 1.25 bits per heavy atom. The molecule has 0 radical (unpaired) electrons. The van der Waals surface area contributed by atoms with Gasteiger partial charge >= 0.3 is 0 Å². The zero-order chi connectivity index (χ0) is 9.14. The standard InChI is InChI=1S/C11H15N/c1-5-12-11-9(3)7-6-8(2)10(11)4/h6-7H,4-5H2,1-3H3. The Hall–Kier alpha value is -1.11. The molecule has 0 heterocycles. The van der Waals surface area contributed by atoms with Gasteiger partial charge in [0.05, 0.1) is 5.71 Å². The van der Waals surface area contributed by atoms with Crippen LogP contribution in [0.3, 0.4) is 0 Å². The molecule has 0 unspecified atom stereocenters. The summed E-state index contributed by atoms with van der Waals surface area (Å²) in [6, 6.07) is 0. The molecular formula is C11H15N. The molecule has 1 aliphatic rings. The molecule has 64 valence electrons. The summed E-state index contributed by atoms with van der Waals surface area (Å²) in [7, 11) is 0. The molecule has 0 spiro atoms. The maximum Gasteiger partial charge on any atom is 0.0672 e. The zero-order valence-electron chi connectivity index (χ0n) is 8.02. The smallest absolute Gasteiger partial charge is 0.0672 e. The predicted molar refractivity (Wildman–Crippen MR) is 54.6 cm³/mol. The highest BCUT2D eigenvalue weighted by atomic mass is 14.7. The molecule has 1 rings (SSSR count). The van der Waals surface area contributed by atoms with Gasteiger partial charge in [0, 0.05) is 6.54 Å². The first-order valence-corrected chi connectivity index (χ1v) is 4.26. The van der Waals surface area contributed by atoms with E-state index in [2.05, 4.69) is 37.6 Å². The molecule has 1 aliphatic carbocycles. The summed E-state index contributed by atoms with van der Waals surface area (Å²) in [5.74, 6) is 0. The zero-order valence-corrected chi connectivity index (χ0v) is 8.02. The number of nitrogens with zero attached hydrogens (tertiary/aromatic N) is 1. The van der Waals surface area contributed by atoms with Crippen LogP contribution in [-0.2, 0) is 0 Å². The molecule has 0 atom stereocenters. The molecule has 1 heteroatoms. The van der Waals surface area contributed by atoms with Crippen LogP contribution in [-0.4, -0.2) is 12.3 Å². The predicted octanol–water partition coefficient (Wildman–Crippen LogP) is 2.91. The Bertz CT molecular complexity index is 286. The number of hydrogen-bond acceptors (Lipinski definition) is 1. The van der Waals surface area contributed by atoms with E-state index >= 15 is 0 Å². The van der Waals surface area contributed by atoms with Crippen molar-refractivity contribution >= 4 is 5.71 Å². The van der Waals surface area contributed by atoms with E-state index in [1.165, 1.54) is 11.1 Å². The van der Waals surface area contributed by atoms with E-state index in [1.807, 2.05) is 6.92 Å². The number of aliphatic imine (C=N–C) groups is 1. The third-order valence-electron chi connectivity index (χ3n) is 2.03. The van der Waals surface area contributed by atoms with E-state index in [0.29, 0.717) is 0 Å². The summed E-state index contributed by atoms with van der Waals surface area (Å²) in [4.78, 5) is 4.40. The molecule has 0 saturated heterocycles.